The molecule has 0 aliphatic rings. The highest BCUT2D eigenvalue weighted by molar-refractivity contribution is 7.26. The Kier molecular flexibility index (Phi) is 5.12. The van der Waals surface area contributed by atoms with Crippen molar-refractivity contribution in [1.29, 1.82) is 0 Å². The van der Waals surface area contributed by atoms with Crippen molar-refractivity contribution in [2.24, 2.45) is 0 Å². The van der Waals surface area contributed by atoms with Gasteiger partial charge in [-0.2, -0.15) is 0 Å². The van der Waals surface area contributed by atoms with E-state index in [0.717, 1.165) is 76.9 Å². The number of thiophene rings is 1. The van der Waals surface area contributed by atoms with E-state index in [4.69, 9.17) is 14.4 Å². The Balaban J connectivity index is 1.33. The minimum Gasteiger partial charge on any atom is -0.456 e. The molecule has 45 heavy (non-hydrogen) atoms. The van der Waals surface area contributed by atoms with Gasteiger partial charge in [0.25, 0.3) is 0 Å². The highest BCUT2D eigenvalue weighted by atomic mass is 32.1. The van der Waals surface area contributed by atoms with Gasteiger partial charge in [-0.15, -0.1) is 11.3 Å². The van der Waals surface area contributed by atoms with Crippen molar-refractivity contribution in [3.63, 3.8) is 0 Å². The van der Waals surface area contributed by atoms with Crippen molar-refractivity contribution in [2.45, 2.75) is 0 Å². The van der Waals surface area contributed by atoms with Gasteiger partial charge >= 0.3 is 0 Å². The van der Waals surface area contributed by atoms with Crippen LogP contribution in [0.25, 0.3) is 92.4 Å². The molecule has 0 saturated heterocycles. The maximum absolute atomic E-state index is 6.30. The third kappa shape index (κ3) is 3.59. The number of furan rings is 1. The summed E-state index contributed by atoms with van der Waals surface area (Å²) in [6.07, 6.45) is 0. The van der Waals surface area contributed by atoms with Crippen LogP contribution in [0.4, 0.5) is 0 Å². The highest BCUT2D eigenvalue weighted by Gasteiger charge is 2.21. The zero-order valence-corrected chi connectivity index (χ0v) is 24.8. The molecular weight excluding hydrogens is 571 g/mol. The second kappa shape index (κ2) is 9.36. The van der Waals surface area contributed by atoms with Crippen LogP contribution in [-0.2, 0) is 0 Å². The van der Waals surface area contributed by atoms with E-state index < -0.39 is 0 Å². The molecule has 4 aromatic heterocycles. The third-order valence-electron chi connectivity index (χ3n) is 8.81. The van der Waals surface area contributed by atoms with E-state index >= 15 is 0 Å². The molecule has 0 atom stereocenters. The van der Waals surface area contributed by atoms with Crippen LogP contribution in [0.5, 0.6) is 0 Å². The average molecular weight is 594 g/mol. The van der Waals surface area contributed by atoms with Gasteiger partial charge in [0.1, 0.15) is 11.2 Å². The summed E-state index contributed by atoms with van der Waals surface area (Å²) in [5, 5.41) is 5.79. The molecular formula is C40H23N3OS. The quantitative estimate of drug-likeness (QED) is 0.205. The standard InChI is InChI=1S/C40H23N3OS/c1-3-12-24(13-4-1)37-39-38(42-40(41-37)25-14-5-2-6-15-25)29-22-28-26-16-7-9-18-30(26)43(32(28)23-35(29)45-39)31-19-11-21-34-36(31)27-17-8-10-20-33(27)44-34/h1-23H. The number of benzene rings is 6. The molecule has 0 unspecified atom stereocenters. The SMILES string of the molecule is c1ccc(-c2nc(-c3ccccc3)c3sc4cc5c(cc4c3n2)c2ccccc2n5-c2cccc3oc4ccccc4c23)cc1. The molecule has 4 heterocycles. The molecule has 0 spiro atoms. The van der Waals surface area contributed by atoms with Crippen LogP contribution in [0.15, 0.2) is 144 Å². The van der Waals surface area contributed by atoms with Crippen molar-refractivity contribution in [3.8, 4) is 28.3 Å². The lowest BCUT2D eigenvalue weighted by atomic mass is 10.1. The smallest absolute Gasteiger partial charge is 0.160 e. The van der Waals surface area contributed by atoms with Crippen LogP contribution in [0.1, 0.15) is 0 Å². The first-order chi connectivity index (χ1) is 22.3. The van der Waals surface area contributed by atoms with Gasteiger partial charge in [-0.3, -0.25) is 0 Å². The lowest BCUT2D eigenvalue weighted by molar-refractivity contribution is 0.669. The fourth-order valence-corrected chi connectivity index (χ4v) is 7.98. The number of rotatable bonds is 3. The van der Waals surface area contributed by atoms with Gasteiger partial charge in [0.2, 0.25) is 0 Å². The van der Waals surface area contributed by atoms with Gasteiger partial charge in [0.05, 0.1) is 38.0 Å². The maximum Gasteiger partial charge on any atom is 0.160 e. The Hall–Kier alpha value is -5.78. The van der Waals surface area contributed by atoms with Gasteiger partial charge in [0, 0.05) is 37.4 Å². The number of fused-ring (bicyclic) bond motifs is 9. The normalized spacial score (nSPS) is 12.0. The summed E-state index contributed by atoms with van der Waals surface area (Å²) in [6.45, 7) is 0. The van der Waals surface area contributed by atoms with Crippen molar-refractivity contribution in [1.82, 2.24) is 14.5 Å². The van der Waals surface area contributed by atoms with Crippen LogP contribution >= 0.6 is 11.3 Å². The summed E-state index contributed by atoms with van der Waals surface area (Å²) < 4.78 is 11.0. The molecule has 5 heteroatoms. The first kappa shape index (κ1) is 24.6. The summed E-state index contributed by atoms with van der Waals surface area (Å²) in [7, 11) is 0. The van der Waals surface area contributed by atoms with Gasteiger partial charge in [-0.05, 0) is 36.4 Å². The van der Waals surface area contributed by atoms with Crippen molar-refractivity contribution < 1.29 is 4.42 Å². The summed E-state index contributed by atoms with van der Waals surface area (Å²) in [5.41, 5.74) is 9.27. The highest BCUT2D eigenvalue weighted by Crippen LogP contribution is 2.44. The molecule has 0 aliphatic carbocycles. The summed E-state index contributed by atoms with van der Waals surface area (Å²) in [6, 6.07) is 48.7. The molecule has 0 fully saturated rings. The first-order valence-corrected chi connectivity index (χ1v) is 15.8. The molecule has 0 N–H and O–H groups in total. The number of hydrogen-bond donors (Lipinski definition) is 0. The molecule has 0 bridgehead atoms. The summed E-state index contributed by atoms with van der Waals surface area (Å²) in [4.78, 5) is 10.4. The summed E-state index contributed by atoms with van der Waals surface area (Å²) in [5.74, 6) is 0.739. The Bertz CT molecular complexity index is 2760. The lowest BCUT2D eigenvalue weighted by Gasteiger charge is -2.09. The molecule has 0 amide bonds. The number of aromatic nitrogens is 3. The van der Waals surface area contributed by atoms with Gasteiger partial charge in [-0.1, -0.05) is 103 Å². The Labute approximate surface area is 261 Å². The van der Waals surface area contributed by atoms with Crippen molar-refractivity contribution in [3.05, 3.63) is 140 Å². The van der Waals surface area contributed by atoms with Crippen molar-refractivity contribution in [2.75, 3.05) is 0 Å². The van der Waals surface area contributed by atoms with E-state index in [-0.39, 0.29) is 0 Å². The third-order valence-corrected chi connectivity index (χ3v) is 9.96. The van der Waals surface area contributed by atoms with E-state index in [9.17, 15) is 0 Å². The summed E-state index contributed by atoms with van der Waals surface area (Å²) >= 11 is 1.77. The molecule has 6 aromatic carbocycles. The Morgan fingerprint density at radius 1 is 0.533 bits per heavy atom. The average Bonchev–Trinajstić information content (AvgIpc) is 3.77. The van der Waals surface area contributed by atoms with E-state index in [1.807, 2.05) is 36.4 Å². The van der Waals surface area contributed by atoms with Crippen LogP contribution in [0.3, 0.4) is 0 Å². The van der Waals surface area contributed by atoms with Crippen molar-refractivity contribution >= 4 is 75.4 Å². The molecule has 0 saturated carbocycles. The predicted molar refractivity (Wildman–Crippen MR) is 187 cm³/mol. The lowest BCUT2D eigenvalue weighted by Crippen LogP contribution is -1.94. The second-order valence-corrected chi connectivity index (χ2v) is 12.4. The van der Waals surface area contributed by atoms with Crippen LogP contribution in [-0.4, -0.2) is 14.5 Å². The molecule has 4 nitrogen and oxygen atoms in total. The number of para-hydroxylation sites is 2. The van der Waals surface area contributed by atoms with Gasteiger partial charge < -0.3 is 8.98 Å². The topological polar surface area (TPSA) is 43.9 Å². The zero-order chi connectivity index (χ0) is 29.5. The monoisotopic (exact) mass is 593 g/mol. The second-order valence-electron chi connectivity index (χ2n) is 11.4. The Morgan fingerprint density at radius 3 is 2.09 bits per heavy atom. The number of hydrogen-bond acceptors (Lipinski definition) is 4. The molecule has 210 valence electrons. The molecule has 0 aliphatic heterocycles. The van der Waals surface area contributed by atoms with E-state index in [2.05, 4.69) is 108 Å². The minimum atomic E-state index is 0.739. The van der Waals surface area contributed by atoms with E-state index in [1.165, 1.54) is 15.5 Å². The van der Waals surface area contributed by atoms with Gasteiger partial charge in [-0.25, -0.2) is 9.97 Å². The fraction of sp³-hybridized carbons (Fsp3) is 0. The zero-order valence-electron chi connectivity index (χ0n) is 23.9. The minimum absolute atomic E-state index is 0.739. The first-order valence-electron chi connectivity index (χ1n) is 15.0. The molecule has 0 radical (unpaired) electrons. The fourth-order valence-electron chi connectivity index (χ4n) is 6.81. The van der Waals surface area contributed by atoms with Crippen LogP contribution in [0, 0.1) is 0 Å². The predicted octanol–water partition coefficient (Wildman–Crippen LogP) is 11.2. The molecule has 10 rings (SSSR count). The Morgan fingerprint density at radius 2 is 1.24 bits per heavy atom. The maximum atomic E-state index is 6.30. The van der Waals surface area contributed by atoms with Crippen LogP contribution in [0.2, 0.25) is 0 Å². The largest absolute Gasteiger partial charge is 0.456 e. The molecule has 10 aromatic rings. The van der Waals surface area contributed by atoms with Gasteiger partial charge in [0.15, 0.2) is 5.82 Å². The van der Waals surface area contributed by atoms with E-state index in [1.54, 1.807) is 11.3 Å². The van der Waals surface area contributed by atoms with Crippen LogP contribution < -0.4 is 0 Å². The van der Waals surface area contributed by atoms with E-state index in [0.29, 0.717) is 0 Å². The number of nitrogens with zero attached hydrogens (tertiary/aromatic N) is 3.